The van der Waals surface area contributed by atoms with E-state index in [1.54, 1.807) is 24.3 Å². The number of ether oxygens (including phenoxy) is 2. The second-order valence-corrected chi connectivity index (χ2v) is 10.3. The molecule has 4 aromatic carbocycles. The first kappa shape index (κ1) is 27.6. The van der Waals surface area contributed by atoms with Crippen LogP contribution in [0, 0.1) is 7.14 Å². The van der Waals surface area contributed by atoms with Crippen LogP contribution in [0.3, 0.4) is 0 Å². The smallest absolute Gasteiger partial charge is 0.406 e. The summed E-state index contributed by atoms with van der Waals surface area (Å²) in [5, 5.41) is 0. The highest BCUT2D eigenvalue weighted by molar-refractivity contribution is 14.1. The summed E-state index contributed by atoms with van der Waals surface area (Å²) in [6, 6.07) is 23.3. The zero-order valence-corrected chi connectivity index (χ0v) is 22.9. The van der Waals surface area contributed by atoms with Crippen molar-refractivity contribution in [2.45, 2.75) is 19.1 Å². The Balaban J connectivity index is 1.47. The highest BCUT2D eigenvalue weighted by Crippen LogP contribution is 2.32. The molecule has 10 heteroatoms. The lowest BCUT2D eigenvalue weighted by molar-refractivity contribution is -0.275. The molecule has 0 fully saturated rings. The molecule has 4 rings (SSSR count). The number of hydrogen-bond acceptors (Lipinski definition) is 2. The van der Waals surface area contributed by atoms with Gasteiger partial charge in [0.2, 0.25) is 0 Å². The van der Waals surface area contributed by atoms with E-state index in [1.165, 1.54) is 24.3 Å². The van der Waals surface area contributed by atoms with E-state index < -0.39 is 12.7 Å². The van der Waals surface area contributed by atoms with Gasteiger partial charge in [0.1, 0.15) is 11.5 Å². The molecule has 0 bridgehead atoms. The maximum Gasteiger partial charge on any atom is 0.573 e. The molecule has 0 amide bonds. The van der Waals surface area contributed by atoms with Crippen molar-refractivity contribution >= 4 is 45.2 Å². The lowest BCUT2D eigenvalue weighted by Gasteiger charge is -2.12. The summed E-state index contributed by atoms with van der Waals surface area (Å²) in [6.07, 6.45) is -8.81. The van der Waals surface area contributed by atoms with Crippen molar-refractivity contribution in [3.8, 4) is 33.8 Å². The van der Waals surface area contributed by atoms with Gasteiger partial charge in [0, 0.05) is 7.14 Å². The van der Waals surface area contributed by atoms with Gasteiger partial charge in [0.25, 0.3) is 0 Å². The van der Waals surface area contributed by atoms with E-state index in [-0.39, 0.29) is 11.5 Å². The van der Waals surface area contributed by atoms with Crippen LogP contribution in [-0.2, 0) is 6.42 Å². The fourth-order valence-corrected chi connectivity index (χ4v) is 5.50. The minimum absolute atomic E-state index is 0.272. The molecule has 37 heavy (non-hydrogen) atoms. The Morgan fingerprint density at radius 2 is 0.865 bits per heavy atom. The third-order valence-electron chi connectivity index (χ3n) is 5.27. The maximum absolute atomic E-state index is 12.4. The number of hydrogen-bond donors (Lipinski definition) is 0. The number of halogens is 8. The predicted octanol–water partition coefficient (Wildman–Crippen LogP) is 9.62. The molecule has 0 aliphatic carbocycles. The van der Waals surface area contributed by atoms with Crippen LogP contribution in [0.1, 0.15) is 11.1 Å². The summed E-state index contributed by atoms with van der Waals surface area (Å²) < 4.78 is 84.1. The minimum atomic E-state index is -4.73. The Kier molecular flexibility index (Phi) is 8.26. The first-order valence-corrected chi connectivity index (χ1v) is 12.8. The summed E-state index contributed by atoms with van der Waals surface area (Å²) in [5.41, 5.74) is 5.45. The van der Waals surface area contributed by atoms with Gasteiger partial charge in [-0.2, -0.15) is 0 Å². The predicted molar refractivity (Wildman–Crippen MR) is 145 cm³/mol. The average Bonchev–Trinajstić information content (AvgIpc) is 2.79. The highest BCUT2D eigenvalue weighted by Gasteiger charge is 2.31. The van der Waals surface area contributed by atoms with Crippen molar-refractivity contribution in [2.24, 2.45) is 0 Å². The monoisotopic (exact) mass is 740 g/mol. The first-order valence-electron chi connectivity index (χ1n) is 10.7. The van der Waals surface area contributed by atoms with Crippen molar-refractivity contribution in [1.82, 2.24) is 0 Å². The van der Waals surface area contributed by atoms with Gasteiger partial charge in [-0.1, -0.05) is 48.5 Å². The van der Waals surface area contributed by atoms with Crippen molar-refractivity contribution in [2.75, 3.05) is 0 Å². The van der Waals surface area contributed by atoms with Crippen LogP contribution in [0.5, 0.6) is 11.5 Å². The van der Waals surface area contributed by atoms with Crippen LogP contribution in [0.2, 0.25) is 0 Å². The first-order chi connectivity index (χ1) is 17.4. The molecule has 0 spiro atoms. The van der Waals surface area contributed by atoms with Crippen LogP contribution in [0.25, 0.3) is 22.3 Å². The van der Waals surface area contributed by atoms with E-state index >= 15 is 0 Å². The zero-order valence-electron chi connectivity index (χ0n) is 18.6. The molecule has 0 saturated heterocycles. The fraction of sp³-hybridized carbons (Fsp3) is 0.111. The van der Waals surface area contributed by atoms with Gasteiger partial charge >= 0.3 is 12.7 Å². The Hall–Kier alpha value is -2.48. The van der Waals surface area contributed by atoms with Gasteiger partial charge in [0.05, 0.1) is 0 Å². The second-order valence-electron chi connectivity index (χ2n) is 7.95. The normalized spacial score (nSPS) is 11.9. The molecule has 0 aliphatic rings. The molecule has 4 aromatic rings. The standard InChI is InChI=1S/C27H16F6I2O2/c28-26(29,30)36-20-7-3-18(4-8-20)22-11-1-16(14-24(22)34)13-17-2-12-23(25(35)15-17)19-5-9-21(10-6-19)37-27(31,32)33/h1-12,14-15H,13H2. The molecule has 0 saturated carbocycles. The van der Waals surface area contributed by atoms with Crippen LogP contribution >= 0.6 is 45.2 Å². The molecular weight excluding hydrogens is 724 g/mol. The lowest BCUT2D eigenvalue weighted by atomic mass is 9.98. The molecular formula is C27H16F6I2O2. The molecule has 0 heterocycles. The van der Waals surface area contributed by atoms with Crippen molar-refractivity contribution in [3.05, 3.63) is 103 Å². The summed E-state index contributed by atoms with van der Waals surface area (Å²) in [4.78, 5) is 0. The van der Waals surface area contributed by atoms with E-state index in [0.29, 0.717) is 6.42 Å². The van der Waals surface area contributed by atoms with Gasteiger partial charge in [-0.3, -0.25) is 0 Å². The van der Waals surface area contributed by atoms with Crippen LogP contribution in [0.4, 0.5) is 26.3 Å². The van der Waals surface area contributed by atoms with Gasteiger partial charge in [-0.05, 0) is 121 Å². The number of rotatable bonds is 6. The highest BCUT2D eigenvalue weighted by atomic mass is 127. The second kappa shape index (κ2) is 11.1. The molecule has 0 aliphatic heterocycles. The third-order valence-corrected chi connectivity index (χ3v) is 7.06. The van der Waals surface area contributed by atoms with Crippen LogP contribution in [-0.4, -0.2) is 12.7 Å². The summed E-state index contributed by atoms with van der Waals surface area (Å²) in [5.74, 6) is -0.543. The summed E-state index contributed by atoms with van der Waals surface area (Å²) in [6.45, 7) is 0. The SMILES string of the molecule is FC(F)(F)Oc1ccc(-c2ccc(Cc3ccc(-c4ccc(OC(F)(F)F)cc4)c(I)c3)cc2I)cc1. The fourth-order valence-electron chi connectivity index (χ4n) is 3.71. The summed E-state index contributed by atoms with van der Waals surface area (Å²) in [7, 11) is 0. The Bertz CT molecular complexity index is 1280. The van der Waals surface area contributed by atoms with Crippen LogP contribution < -0.4 is 9.47 Å². The van der Waals surface area contributed by atoms with Gasteiger partial charge in [-0.25, -0.2) is 0 Å². The minimum Gasteiger partial charge on any atom is -0.406 e. The summed E-state index contributed by atoms with van der Waals surface area (Å²) >= 11 is 4.40. The van der Waals surface area contributed by atoms with Crippen LogP contribution in [0.15, 0.2) is 84.9 Å². The molecule has 0 aromatic heterocycles. The quantitative estimate of drug-likeness (QED) is 0.145. The molecule has 0 N–H and O–H groups in total. The van der Waals surface area contributed by atoms with E-state index in [9.17, 15) is 26.3 Å². The van der Waals surface area contributed by atoms with Crippen molar-refractivity contribution in [3.63, 3.8) is 0 Å². The van der Waals surface area contributed by atoms with Crippen molar-refractivity contribution in [1.29, 1.82) is 0 Å². The van der Waals surface area contributed by atoms with E-state index in [4.69, 9.17) is 0 Å². The zero-order chi connectivity index (χ0) is 26.8. The topological polar surface area (TPSA) is 18.5 Å². The Morgan fingerprint density at radius 1 is 0.514 bits per heavy atom. The van der Waals surface area contributed by atoms with Gasteiger partial charge in [0.15, 0.2) is 0 Å². The Morgan fingerprint density at radius 3 is 1.16 bits per heavy atom. The molecule has 2 nitrogen and oxygen atoms in total. The van der Waals surface area contributed by atoms with Gasteiger partial charge < -0.3 is 9.47 Å². The average molecular weight is 740 g/mol. The molecule has 192 valence electrons. The van der Waals surface area contributed by atoms with E-state index in [2.05, 4.69) is 54.7 Å². The van der Waals surface area contributed by atoms with Gasteiger partial charge in [-0.15, -0.1) is 26.3 Å². The number of benzene rings is 4. The van der Waals surface area contributed by atoms with E-state index in [0.717, 1.165) is 40.5 Å². The molecule has 0 unspecified atom stereocenters. The third kappa shape index (κ3) is 7.76. The number of alkyl halides is 6. The maximum atomic E-state index is 12.4. The van der Waals surface area contributed by atoms with E-state index in [1.807, 2.05) is 36.4 Å². The molecule has 0 atom stereocenters. The lowest BCUT2D eigenvalue weighted by Crippen LogP contribution is -2.16. The largest absolute Gasteiger partial charge is 0.573 e. The Labute approximate surface area is 235 Å². The van der Waals surface area contributed by atoms with Crippen molar-refractivity contribution < 1.29 is 35.8 Å². The molecule has 0 radical (unpaired) electrons.